The summed E-state index contributed by atoms with van der Waals surface area (Å²) in [5.74, 6) is 2.05. The van der Waals surface area contributed by atoms with Crippen LogP contribution in [0.25, 0.3) is 0 Å². The van der Waals surface area contributed by atoms with E-state index < -0.39 is 12.1 Å². The van der Waals surface area contributed by atoms with Crippen molar-refractivity contribution in [2.45, 2.75) is 59.2 Å². The molecule has 7 nitrogen and oxygen atoms in total. The van der Waals surface area contributed by atoms with Crippen LogP contribution in [0.1, 0.15) is 54.2 Å². The molecule has 2 unspecified atom stereocenters. The number of fused-ring (bicyclic) bond motifs is 1. The molecule has 0 radical (unpaired) electrons. The first-order valence-corrected chi connectivity index (χ1v) is 13.3. The first kappa shape index (κ1) is 29.0. The predicted octanol–water partition coefficient (Wildman–Crippen LogP) is 5.80. The second kappa shape index (κ2) is 14.4. The fourth-order valence-corrected chi connectivity index (χ4v) is 4.30. The van der Waals surface area contributed by atoms with Gasteiger partial charge in [-0.1, -0.05) is 39.0 Å². The number of benzene rings is 3. The minimum atomic E-state index is -0.940. The van der Waals surface area contributed by atoms with Crippen LogP contribution in [0.3, 0.4) is 0 Å². The van der Waals surface area contributed by atoms with Crippen molar-refractivity contribution >= 4 is 5.97 Å². The lowest BCUT2D eigenvalue weighted by Gasteiger charge is -2.27. The number of carboxylic acid groups (broad SMARTS) is 1. The molecule has 3 aromatic carbocycles. The summed E-state index contributed by atoms with van der Waals surface area (Å²) in [5.41, 5.74) is 3.01. The second-order valence-corrected chi connectivity index (χ2v) is 9.03. The lowest BCUT2D eigenvalue weighted by Crippen LogP contribution is -2.39. The number of aryl methyl sites for hydroxylation is 3. The van der Waals surface area contributed by atoms with Crippen molar-refractivity contribution in [3.8, 4) is 23.0 Å². The minimum absolute atomic E-state index is 0.0176. The molecule has 0 saturated heterocycles. The Bertz CT molecular complexity index is 1180. The molecular weight excluding hydrogens is 482 g/mol. The van der Waals surface area contributed by atoms with Gasteiger partial charge in [-0.15, -0.1) is 0 Å². The molecular formula is C31H39NO6. The Hall–Kier alpha value is -3.55. The Morgan fingerprint density at radius 3 is 2.58 bits per heavy atom. The maximum atomic E-state index is 11.4. The summed E-state index contributed by atoms with van der Waals surface area (Å²) < 4.78 is 18.0. The average molecular weight is 522 g/mol. The fraction of sp³-hybridized carbons (Fsp3) is 0.387. The van der Waals surface area contributed by atoms with Crippen LogP contribution in [-0.2, 0) is 12.8 Å². The van der Waals surface area contributed by atoms with E-state index in [1.165, 1.54) is 0 Å². The smallest absolute Gasteiger partial charge is 0.335 e. The Morgan fingerprint density at radius 2 is 1.87 bits per heavy atom. The zero-order valence-corrected chi connectivity index (χ0v) is 22.7. The van der Waals surface area contributed by atoms with Gasteiger partial charge in [-0.05, 0) is 85.3 Å². The van der Waals surface area contributed by atoms with E-state index in [-0.39, 0.29) is 18.3 Å². The molecule has 1 aliphatic heterocycles. The minimum Gasteiger partial charge on any atom is -0.491 e. The van der Waals surface area contributed by atoms with E-state index in [1.54, 1.807) is 12.1 Å². The zero-order valence-electron chi connectivity index (χ0n) is 22.7. The van der Waals surface area contributed by atoms with Crippen molar-refractivity contribution in [1.82, 2.24) is 5.32 Å². The quantitative estimate of drug-likeness (QED) is 0.294. The molecule has 1 aliphatic rings. The number of nitrogens with one attached hydrogen (secondary N) is 1. The van der Waals surface area contributed by atoms with Crippen molar-refractivity contribution in [1.29, 1.82) is 0 Å². The Labute approximate surface area is 225 Å². The van der Waals surface area contributed by atoms with Crippen LogP contribution in [-0.4, -0.2) is 48.1 Å². The van der Waals surface area contributed by atoms with Crippen molar-refractivity contribution in [2.75, 3.05) is 19.7 Å². The van der Waals surface area contributed by atoms with Gasteiger partial charge in [0.1, 0.15) is 41.8 Å². The van der Waals surface area contributed by atoms with Crippen LogP contribution in [0.4, 0.5) is 0 Å². The van der Waals surface area contributed by atoms with Crippen LogP contribution in [0.2, 0.25) is 0 Å². The Morgan fingerprint density at radius 1 is 1.11 bits per heavy atom. The summed E-state index contributed by atoms with van der Waals surface area (Å²) in [5, 5.41) is 22.8. The molecule has 38 heavy (non-hydrogen) atoms. The maximum absolute atomic E-state index is 11.4. The Balaban J connectivity index is 0.00000195. The van der Waals surface area contributed by atoms with Crippen LogP contribution in [0, 0.1) is 6.92 Å². The third kappa shape index (κ3) is 7.97. The van der Waals surface area contributed by atoms with Gasteiger partial charge in [0.2, 0.25) is 0 Å². The van der Waals surface area contributed by atoms with E-state index in [9.17, 15) is 15.0 Å². The predicted molar refractivity (Wildman–Crippen MR) is 149 cm³/mol. The first-order chi connectivity index (χ1) is 18.4. The van der Waals surface area contributed by atoms with Gasteiger partial charge in [-0.2, -0.15) is 0 Å². The molecule has 0 bridgehead atoms. The van der Waals surface area contributed by atoms with Gasteiger partial charge in [-0.25, -0.2) is 4.79 Å². The summed E-state index contributed by atoms with van der Waals surface area (Å²) in [4.78, 5) is 11.4. The lowest BCUT2D eigenvalue weighted by atomic mass is 10.0. The molecule has 204 valence electrons. The van der Waals surface area contributed by atoms with E-state index in [0.29, 0.717) is 31.0 Å². The van der Waals surface area contributed by atoms with Gasteiger partial charge in [0.05, 0.1) is 5.56 Å². The average Bonchev–Trinajstić information content (AvgIpc) is 2.94. The normalized spacial score (nSPS) is 14.8. The first-order valence-electron chi connectivity index (χ1n) is 13.3. The lowest BCUT2D eigenvalue weighted by molar-refractivity contribution is 0.0696. The molecule has 1 heterocycles. The molecule has 4 rings (SSSR count). The molecule has 0 aromatic heterocycles. The maximum Gasteiger partial charge on any atom is 0.335 e. The highest BCUT2D eigenvalue weighted by Gasteiger charge is 2.21. The van der Waals surface area contributed by atoms with Gasteiger partial charge >= 0.3 is 5.97 Å². The summed E-state index contributed by atoms with van der Waals surface area (Å²) in [6.07, 6.45) is 1.79. The molecule has 0 saturated carbocycles. The molecule has 0 amide bonds. The molecule has 0 fully saturated rings. The molecule has 0 spiro atoms. The van der Waals surface area contributed by atoms with Crippen molar-refractivity contribution < 1.29 is 29.2 Å². The zero-order chi connectivity index (χ0) is 27.5. The topological polar surface area (TPSA) is 97.3 Å². The summed E-state index contributed by atoms with van der Waals surface area (Å²) >= 11 is 0. The van der Waals surface area contributed by atoms with Crippen LogP contribution in [0.5, 0.6) is 23.0 Å². The summed E-state index contributed by atoms with van der Waals surface area (Å²) in [6, 6.07) is 18.6. The summed E-state index contributed by atoms with van der Waals surface area (Å²) in [7, 11) is 0. The SMILES string of the molecule is CC.CCc1cc(C(=O)O)cc(C)c1Oc1ccc2c(c1)CCC(CNCC(O)COc1ccccc1)O2. The highest BCUT2D eigenvalue weighted by atomic mass is 16.5. The number of hydrogen-bond donors (Lipinski definition) is 3. The second-order valence-electron chi connectivity index (χ2n) is 9.03. The molecule has 2 atom stereocenters. The van der Waals surface area contributed by atoms with E-state index in [1.807, 2.05) is 76.2 Å². The molecule has 3 aromatic rings. The number of aliphatic hydroxyl groups is 1. The van der Waals surface area contributed by atoms with Crippen molar-refractivity contribution in [3.63, 3.8) is 0 Å². The summed E-state index contributed by atoms with van der Waals surface area (Å²) in [6.45, 7) is 9.13. The molecule has 7 heteroatoms. The third-order valence-corrected chi connectivity index (χ3v) is 6.20. The Kier molecular flexibility index (Phi) is 11.0. The number of carboxylic acids is 1. The van der Waals surface area contributed by atoms with E-state index in [4.69, 9.17) is 14.2 Å². The number of para-hydroxylation sites is 1. The number of rotatable bonds is 11. The number of carbonyl (C=O) groups is 1. The van der Waals surface area contributed by atoms with Gasteiger partial charge in [0.25, 0.3) is 0 Å². The number of aromatic carboxylic acids is 1. The fourth-order valence-electron chi connectivity index (χ4n) is 4.30. The molecule has 0 aliphatic carbocycles. The number of aliphatic hydroxyl groups excluding tert-OH is 1. The van der Waals surface area contributed by atoms with Crippen molar-refractivity contribution in [2.24, 2.45) is 0 Å². The van der Waals surface area contributed by atoms with Gasteiger partial charge < -0.3 is 29.7 Å². The standard InChI is InChI=1S/C29H33NO6.C2H6/c1-3-20-14-22(29(32)33)13-19(2)28(20)36-25-11-12-27-21(15-25)9-10-26(35-27)17-30-16-23(31)18-34-24-7-5-4-6-8-24;1-2/h4-8,11-15,23,26,30-31H,3,9-10,16-18H2,1-2H3,(H,32,33);1-2H3. The van der Waals surface area contributed by atoms with Crippen LogP contribution >= 0.6 is 0 Å². The number of ether oxygens (including phenoxy) is 3. The largest absolute Gasteiger partial charge is 0.491 e. The van der Waals surface area contributed by atoms with Gasteiger partial charge in [0, 0.05) is 13.1 Å². The highest BCUT2D eigenvalue weighted by molar-refractivity contribution is 5.88. The van der Waals surface area contributed by atoms with Crippen LogP contribution < -0.4 is 19.5 Å². The van der Waals surface area contributed by atoms with E-state index in [2.05, 4.69) is 5.32 Å². The third-order valence-electron chi connectivity index (χ3n) is 6.20. The highest BCUT2D eigenvalue weighted by Crippen LogP contribution is 2.35. The van der Waals surface area contributed by atoms with Gasteiger partial charge in [0.15, 0.2) is 0 Å². The van der Waals surface area contributed by atoms with Gasteiger partial charge in [-0.3, -0.25) is 0 Å². The van der Waals surface area contributed by atoms with Crippen molar-refractivity contribution in [3.05, 3.63) is 82.9 Å². The number of hydrogen-bond acceptors (Lipinski definition) is 6. The van der Waals surface area contributed by atoms with E-state index in [0.717, 1.165) is 41.0 Å². The van der Waals surface area contributed by atoms with Crippen LogP contribution in [0.15, 0.2) is 60.7 Å². The molecule has 3 N–H and O–H groups in total. The monoisotopic (exact) mass is 521 g/mol. The van der Waals surface area contributed by atoms with E-state index >= 15 is 0 Å².